The van der Waals surface area contributed by atoms with E-state index in [4.69, 9.17) is 0 Å². The molecule has 25 heavy (non-hydrogen) atoms. The normalized spacial score (nSPS) is 20.7. The summed E-state index contributed by atoms with van der Waals surface area (Å²) in [5.74, 6) is -0.327. The van der Waals surface area contributed by atoms with Gasteiger partial charge in [-0.2, -0.15) is 13.2 Å². The zero-order valence-corrected chi connectivity index (χ0v) is 13.3. The first-order chi connectivity index (χ1) is 11.9. The van der Waals surface area contributed by atoms with E-state index in [0.29, 0.717) is 5.56 Å². The zero-order valence-electron chi connectivity index (χ0n) is 13.3. The fourth-order valence-electron chi connectivity index (χ4n) is 3.21. The second-order valence-electron chi connectivity index (χ2n) is 6.07. The van der Waals surface area contributed by atoms with E-state index in [1.807, 2.05) is 0 Å². The van der Waals surface area contributed by atoms with Crippen molar-refractivity contribution >= 4 is 5.91 Å². The molecule has 2 atom stereocenters. The third-order valence-corrected chi connectivity index (χ3v) is 4.30. The van der Waals surface area contributed by atoms with Crippen molar-refractivity contribution in [3.8, 4) is 0 Å². The molecule has 2 heterocycles. The van der Waals surface area contributed by atoms with Gasteiger partial charge in [-0.15, -0.1) is 0 Å². The highest BCUT2D eigenvalue weighted by atomic mass is 19.4. The lowest BCUT2D eigenvalue weighted by atomic mass is 9.97. The van der Waals surface area contributed by atoms with E-state index in [1.54, 1.807) is 24.5 Å². The van der Waals surface area contributed by atoms with Crippen LogP contribution < -0.4 is 0 Å². The number of alkyl halides is 3. The first kappa shape index (κ1) is 17.4. The number of hydrogen-bond acceptors (Lipinski definition) is 3. The molecule has 132 valence electrons. The van der Waals surface area contributed by atoms with Crippen molar-refractivity contribution in [1.82, 2.24) is 9.88 Å². The summed E-state index contributed by atoms with van der Waals surface area (Å²) >= 11 is 0. The molecule has 1 aromatic heterocycles. The molecule has 1 amide bonds. The Morgan fingerprint density at radius 1 is 1.24 bits per heavy atom. The lowest BCUT2D eigenvalue weighted by Gasteiger charge is -2.27. The Morgan fingerprint density at radius 3 is 2.68 bits per heavy atom. The standard InChI is InChI=1S/C18H17F3N2O2/c19-18(20,21)15-6-2-1-5-14(15)16-9-13(24)11-23(16)17(25)8-12-4-3-7-22-10-12/h1-7,10,13,16,24H,8-9,11H2/t13-,16+/m1/s1. The number of likely N-dealkylation sites (tertiary alicyclic amines) is 1. The number of carbonyl (C=O) groups excluding carboxylic acids is 1. The van der Waals surface area contributed by atoms with E-state index in [0.717, 1.165) is 6.07 Å². The number of aliphatic hydroxyl groups is 1. The molecule has 0 aliphatic carbocycles. The molecule has 0 spiro atoms. The lowest BCUT2D eigenvalue weighted by Crippen LogP contribution is -2.33. The van der Waals surface area contributed by atoms with Crippen LogP contribution in [0.15, 0.2) is 48.8 Å². The van der Waals surface area contributed by atoms with Crippen LogP contribution in [0.3, 0.4) is 0 Å². The van der Waals surface area contributed by atoms with Gasteiger partial charge in [-0.05, 0) is 29.7 Å². The summed E-state index contributed by atoms with van der Waals surface area (Å²) in [6.07, 6.45) is -2.11. The Labute approximate surface area is 142 Å². The maximum Gasteiger partial charge on any atom is 0.416 e. The van der Waals surface area contributed by atoms with Crippen LogP contribution in [-0.4, -0.2) is 33.5 Å². The average Bonchev–Trinajstić information content (AvgIpc) is 2.97. The first-order valence-corrected chi connectivity index (χ1v) is 7.89. The molecule has 0 bridgehead atoms. The summed E-state index contributed by atoms with van der Waals surface area (Å²) in [4.78, 5) is 17.9. The Balaban J connectivity index is 1.89. The van der Waals surface area contributed by atoms with E-state index < -0.39 is 23.9 Å². The van der Waals surface area contributed by atoms with Gasteiger partial charge in [-0.25, -0.2) is 0 Å². The van der Waals surface area contributed by atoms with Crippen molar-refractivity contribution in [2.75, 3.05) is 6.54 Å². The topological polar surface area (TPSA) is 53.4 Å². The number of amides is 1. The van der Waals surface area contributed by atoms with Gasteiger partial charge in [0.05, 0.1) is 24.1 Å². The Bertz CT molecular complexity index is 749. The van der Waals surface area contributed by atoms with Crippen LogP contribution in [0.5, 0.6) is 0 Å². The van der Waals surface area contributed by atoms with Crippen LogP contribution >= 0.6 is 0 Å². The van der Waals surface area contributed by atoms with Gasteiger partial charge in [0, 0.05) is 18.9 Å². The van der Waals surface area contributed by atoms with Gasteiger partial charge < -0.3 is 10.0 Å². The van der Waals surface area contributed by atoms with Crippen LogP contribution in [0.1, 0.15) is 29.2 Å². The van der Waals surface area contributed by atoms with Gasteiger partial charge in [0.15, 0.2) is 0 Å². The second kappa shape index (κ2) is 6.84. The molecule has 1 fully saturated rings. The minimum atomic E-state index is -4.51. The highest BCUT2D eigenvalue weighted by Crippen LogP contribution is 2.40. The Hall–Kier alpha value is -2.41. The molecule has 1 aromatic carbocycles. The smallest absolute Gasteiger partial charge is 0.391 e. The summed E-state index contributed by atoms with van der Waals surface area (Å²) in [7, 11) is 0. The van der Waals surface area contributed by atoms with Crippen molar-refractivity contribution < 1.29 is 23.1 Å². The maximum atomic E-state index is 13.3. The molecule has 7 heteroatoms. The van der Waals surface area contributed by atoms with Gasteiger partial charge in [0.2, 0.25) is 5.91 Å². The lowest BCUT2D eigenvalue weighted by molar-refractivity contribution is -0.140. The number of aromatic nitrogens is 1. The van der Waals surface area contributed by atoms with Crippen LogP contribution in [0.4, 0.5) is 13.2 Å². The van der Waals surface area contributed by atoms with Crippen molar-refractivity contribution in [2.45, 2.75) is 31.2 Å². The summed E-state index contributed by atoms with van der Waals surface area (Å²) in [5, 5.41) is 9.95. The molecule has 3 rings (SSSR count). The number of aliphatic hydroxyl groups excluding tert-OH is 1. The average molecular weight is 350 g/mol. The number of nitrogens with zero attached hydrogens (tertiary/aromatic N) is 2. The fraction of sp³-hybridized carbons (Fsp3) is 0.333. The van der Waals surface area contributed by atoms with Crippen molar-refractivity contribution in [3.63, 3.8) is 0 Å². The highest BCUT2D eigenvalue weighted by molar-refractivity contribution is 5.79. The van der Waals surface area contributed by atoms with Crippen LogP contribution in [0.2, 0.25) is 0 Å². The molecule has 0 unspecified atom stereocenters. The van der Waals surface area contributed by atoms with Crippen molar-refractivity contribution in [2.24, 2.45) is 0 Å². The SMILES string of the molecule is O=C(Cc1cccnc1)N1C[C@H](O)C[C@H]1c1ccccc1C(F)(F)F. The molecule has 4 nitrogen and oxygen atoms in total. The largest absolute Gasteiger partial charge is 0.416 e. The molecular weight excluding hydrogens is 333 g/mol. The monoisotopic (exact) mass is 350 g/mol. The first-order valence-electron chi connectivity index (χ1n) is 7.89. The molecule has 1 aliphatic heterocycles. The minimum Gasteiger partial charge on any atom is -0.391 e. The number of rotatable bonds is 3. The Kier molecular flexibility index (Phi) is 4.76. The van der Waals surface area contributed by atoms with E-state index in [2.05, 4.69) is 4.98 Å². The molecule has 1 aliphatic rings. The Morgan fingerprint density at radius 2 is 2.00 bits per heavy atom. The number of carbonyl (C=O) groups is 1. The third kappa shape index (κ3) is 3.82. The van der Waals surface area contributed by atoms with E-state index in [1.165, 1.54) is 23.1 Å². The molecule has 0 radical (unpaired) electrons. The second-order valence-corrected chi connectivity index (χ2v) is 6.07. The highest BCUT2D eigenvalue weighted by Gasteiger charge is 2.41. The predicted molar refractivity (Wildman–Crippen MR) is 84.5 cm³/mol. The van der Waals surface area contributed by atoms with Gasteiger partial charge in [-0.3, -0.25) is 9.78 Å². The number of β-amino-alcohol motifs (C(OH)–C–C–N with tert-alkyl or cyclic N) is 1. The summed E-state index contributed by atoms with van der Waals surface area (Å²) in [5.41, 5.74) is -0.0730. The number of hydrogen-bond donors (Lipinski definition) is 1. The number of pyridine rings is 1. The van der Waals surface area contributed by atoms with Crippen LogP contribution in [-0.2, 0) is 17.4 Å². The molecule has 1 N–H and O–H groups in total. The summed E-state index contributed by atoms with van der Waals surface area (Å²) in [6, 6.07) is 7.84. The van der Waals surface area contributed by atoms with Gasteiger partial charge >= 0.3 is 6.18 Å². The number of halogens is 3. The summed E-state index contributed by atoms with van der Waals surface area (Å²) in [6.45, 7) is 0.0238. The van der Waals surface area contributed by atoms with E-state index in [-0.39, 0.29) is 30.9 Å². The third-order valence-electron chi connectivity index (χ3n) is 4.30. The molecule has 1 saturated heterocycles. The van der Waals surface area contributed by atoms with Crippen LogP contribution in [0, 0.1) is 0 Å². The van der Waals surface area contributed by atoms with Gasteiger partial charge in [0.1, 0.15) is 0 Å². The fourth-order valence-corrected chi connectivity index (χ4v) is 3.21. The maximum absolute atomic E-state index is 13.3. The van der Waals surface area contributed by atoms with Crippen molar-refractivity contribution in [1.29, 1.82) is 0 Å². The molecule has 2 aromatic rings. The van der Waals surface area contributed by atoms with E-state index >= 15 is 0 Å². The van der Waals surface area contributed by atoms with Gasteiger partial charge in [-0.1, -0.05) is 24.3 Å². The molecule has 0 saturated carbocycles. The van der Waals surface area contributed by atoms with E-state index in [9.17, 15) is 23.1 Å². The van der Waals surface area contributed by atoms with Crippen molar-refractivity contribution in [3.05, 3.63) is 65.5 Å². The van der Waals surface area contributed by atoms with Crippen LogP contribution in [0.25, 0.3) is 0 Å². The minimum absolute atomic E-state index is 0.0195. The number of benzene rings is 1. The zero-order chi connectivity index (χ0) is 18.0. The predicted octanol–water partition coefficient (Wildman–Crippen LogP) is 2.98. The molecular formula is C18H17F3N2O2. The quantitative estimate of drug-likeness (QED) is 0.926. The van der Waals surface area contributed by atoms with Gasteiger partial charge in [0.25, 0.3) is 0 Å². The summed E-state index contributed by atoms with van der Waals surface area (Å²) < 4.78 is 39.9.